The van der Waals surface area contributed by atoms with Gasteiger partial charge in [-0.25, -0.2) is 0 Å². The van der Waals surface area contributed by atoms with Gasteiger partial charge in [-0.05, 0) is 25.8 Å². The summed E-state index contributed by atoms with van der Waals surface area (Å²) in [5, 5.41) is 14.8. The van der Waals surface area contributed by atoms with E-state index in [2.05, 4.69) is 12.2 Å². The van der Waals surface area contributed by atoms with E-state index in [9.17, 15) is 10.1 Å². The van der Waals surface area contributed by atoms with E-state index in [1.165, 1.54) is 18.9 Å². The van der Waals surface area contributed by atoms with Crippen LogP contribution in [0.4, 0.5) is 5.69 Å². The van der Waals surface area contributed by atoms with Gasteiger partial charge >= 0.3 is 0 Å². The number of hydrogen-bond donors (Lipinski definition) is 1. The van der Waals surface area contributed by atoms with Crippen molar-refractivity contribution < 1.29 is 4.92 Å². The smallest absolute Gasteiger partial charge is 0.275 e. The van der Waals surface area contributed by atoms with Gasteiger partial charge in [0.25, 0.3) is 5.69 Å². The standard InChI is InChI=1S/C13H17ClN2O2/c1-13(7-2-3-8-13)15-9-10-11(14)5-4-6-12(10)16(17)18/h4-6,15H,2-3,7-9H2,1H3. The van der Waals surface area contributed by atoms with E-state index in [4.69, 9.17) is 11.6 Å². The van der Waals surface area contributed by atoms with Crippen molar-refractivity contribution in [3.8, 4) is 0 Å². The molecule has 0 radical (unpaired) electrons. The summed E-state index contributed by atoms with van der Waals surface area (Å²) in [5.74, 6) is 0. The van der Waals surface area contributed by atoms with Crippen LogP contribution < -0.4 is 5.32 Å². The molecule has 1 aliphatic carbocycles. The zero-order chi connectivity index (χ0) is 13.2. The number of hydrogen-bond acceptors (Lipinski definition) is 3. The highest BCUT2D eigenvalue weighted by Gasteiger charge is 2.29. The van der Waals surface area contributed by atoms with Crippen molar-refractivity contribution >= 4 is 17.3 Å². The number of nitro groups is 1. The third kappa shape index (κ3) is 2.82. The molecule has 5 heteroatoms. The minimum atomic E-state index is -0.375. The van der Waals surface area contributed by atoms with Crippen LogP contribution in [0.5, 0.6) is 0 Å². The van der Waals surface area contributed by atoms with Gasteiger partial charge in [0, 0.05) is 18.2 Å². The lowest BCUT2D eigenvalue weighted by Gasteiger charge is -2.25. The molecule has 0 aliphatic heterocycles. The molecule has 0 aromatic heterocycles. The van der Waals surface area contributed by atoms with Crippen molar-refractivity contribution in [1.82, 2.24) is 5.32 Å². The van der Waals surface area contributed by atoms with Crippen molar-refractivity contribution in [3.63, 3.8) is 0 Å². The number of nitrogens with zero attached hydrogens (tertiary/aromatic N) is 1. The number of nitro benzene ring substituents is 1. The molecule has 0 heterocycles. The Hall–Kier alpha value is -1.13. The second kappa shape index (κ2) is 5.24. The third-order valence-electron chi connectivity index (χ3n) is 3.69. The number of benzene rings is 1. The van der Waals surface area contributed by atoms with E-state index in [-0.39, 0.29) is 16.1 Å². The van der Waals surface area contributed by atoms with Crippen LogP contribution in [0.15, 0.2) is 18.2 Å². The molecule has 0 atom stereocenters. The normalized spacial score (nSPS) is 17.9. The van der Waals surface area contributed by atoms with Gasteiger partial charge in [-0.1, -0.05) is 30.5 Å². The number of nitrogens with one attached hydrogen (secondary N) is 1. The minimum Gasteiger partial charge on any atom is -0.307 e. The van der Waals surface area contributed by atoms with Gasteiger partial charge in [0.1, 0.15) is 0 Å². The Morgan fingerprint density at radius 1 is 1.44 bits per heavy atom. The maximum Gasteiger partial charge on any atom is 0.275 e. The van der Waals surface area contributed by atoms with Crippen LogP contribution in [0, 0.1) is 10.1 Å². The van der Waals surface area contributed by atoms with E-state index in [0.29, 0.717) is 17.1 Å². The molecule has 0 spiro atoms. The Morgan fingerprint density at radius 3 is 2.72 bits per heavy atom. The summed E-state index contributed by atoms with van der Waals surface area (Å²) < 4.78 is 0. The van der Waals surface area contributed by atoms with Gasteiger partial charge in [-0.2, -0.15) is 0 Å². The average molecular weight is 269 g/mol. The van der Waals surface area contributed by atoms with Crippen molar-refractivity contribution in [3.05, 3.63) is 38.9 Å². The van der Waals surface area contributed by atoms with Gasteiger partial charge in [-0.3, -0.25) is 10.1 Å². The van der Waals surface area contributed by atoms with Crippen LogP contribution in [0.25, 0.3) is 0 Å². The van der Waals surface area contributed by atoms with Gasteiger partial charge < -0.3 is 5.32 Å². The molecule has 1 saturated carbocycles. The summed E-state index contributed by atoms with van der Waals surface area (Å²) in [6.07, 6.45) is 4.67. The molecular weight excluding hydrogens is 252 g/mol. The molecule has 1 aromatic rings. The van der Waals surface area contributed by atoms with Crippen LogP contribution in [0.3, 0.4) is 0 Å². The van der Waals surface area contributed by atoms with Crippen LogP contribution in [-0.4, -0.2) is 10.5 Å². The van der Waals surface area contributed by atoms with Crippen molar-refractivity contribution in [2.45, 2.75) is 44.7 Å². The van der Waals surface area contributed by atoms with Crippen molar-refractivity contribution in [2.75, 3.05) is 0 Å². The Bertz CT molecular complexity index is 456. The quantitative estimate of drug-likeness (QED) is 0.670. The first-order valence-electron chi connectivity index (χ1n) is 6.19. The Morgan fingerprint density at radius 2 is 2.11 bits per heavy atom. The molecule has 18 heavy (non-hydrogen) atoms. The van der Waals surface area contributed by atoms with Crippen LogP contribution in [-0.2, 0) is 6.54 Å². The molecule has 98 valence electrons. The molecule has 0 saturated heterocycles. The molecule has 0 amide bonds. The number of halogens is 1. The fourth-order valence-corrected chi connectivity index (χ4v) is 2.76. The molecule has 0 unspecified atom stereocenters. The highest BCUT2D eigenvalue weighted by Crippen LogP contribution is 2.31. The zero-order valence-corrected chi connectivity index (χ0v) is 11.2. The van der Waals surface area contributed by atoms with Gasteiger partial charge in [0.15, 0.2) is 0 Å². The first kappa shape index (κ1) is 13.3. The summed E-state index contributed by atoms with van der Waals surface area (Å²) in [6.45, 7) is 2.62. The second-order valence-electron chi connectivity index (χ2n) is 5.12. The molecule has 1 aromatic carbocycles. The summed E-state index contributed by atoms with van der Waals surface area (Å²) in [6, 6.07) is 4.81. The lowest BCUT2D eigenvalue weighted by Crippen LogP contribution is -2.38. The minimum absolute atomic E-state index is 0.0903. The number of rotatable bonds is 4. The van der Waals surface area contributed by atoms with E-state index in [1.54, 1.807) is 12.1 Å². The van der Waals surface area contributed by atoms with Gasteiger partial charge in [0.2, 0.25) is 0 Å². The maximum absolute atomic E-state index is 11.0. The summed E-state index contributed by atoms with van der Waals surface area (Å²) in [5.41, 5.74) is 0.765. The van der Waals surface area contributed by atoms with Gasteiger partial charge in [0.05, 0.1) is 15.5 Å². The molecule has 1 aliphatic rings. The Labute approximate surface area is 111 Å². The molecule has 4 nitrogen and oxygen atoms in total. The van der Waals surface area contributed by atoms with Gasteiger partial charge in [-0.15, -0.1) is 0 Å². The predicted octanol–water partition coefficient (Wildman–Crippen LogP) is 3.67. The molecule has 2 rings (SSSR count). The fraction of sp³-hybridized carbons (Fsp3) is 0.538. The van der Waals surface area contributed by atoms with E-state index < -0.39 is 0 Å². The summed E-state index contributed by atoms with van der Waals surface area (Å²) in [4.78, 5) is 10.6. The molecule has 1 N–H and O–H groups in total. The first-order chi connectivity index (χ1) is 8.52. The molecule has 0 bridgehead atoms. The third-order valence-corrected chi connectivity index (χ3v) is 4.04. The van der Waals surface area contributed by atoms with E-state index >= 15 is 0 Å². The highest BCUT2D eigenvalue weighted by atomic mass is 35.5. The van der Waals surface area contributed by atoms with E-state index in [0.717, 1.165) is 12.8 Å². The first-order valence-corrected chi connectivity index (χ1v) is 6.56. The van der Waals surface area contributed by atoms with Crippen molar-refractivity contribution in [1.29, 1.82) is 0 Å². The van der Waals surface area contributed by atoms with Crippen molar-refractivity contribution in [2.24, 2.45) is 0 Å². The second-order valence-corrected chi connectivity index (χ2v) is 5.52. The molecule has 1 fully saturated rings. The predicted molar refractivity (Wildman–Crippen MR) is 71.8 cm³/mol. The largest absolute Gasteiger partial charge is 0.307 e. The monoisotopic (exact) mass is 268 g/mol. The lowest BCUT2D eigenvalue weighted by molar-refractivity contribution is -0.385. The Kier molecular flexibility index (Phi) is 3.88. The topological polar surface area (TPSA) is 55.2 Å². The average Bonchev–Trinajstić information content (AvgIpc) is 2.74. The maximum atomic E-state index is 11.0. The lowest BCUT2D eigenvalue weighted by atomic mass is 10.00. The van der Waals surface area contributed by atoms with E-state index in [1.807, 2.05) is 0 Å². The van der Waals surface area contributed by atoms with Crippen LogP contribution >= 0.6 is 11.6 Å². The Balaban J connectivity index is 2.15. The zero-order valence-electron chi connectivity index (χ0n) is 10.4. The summed E-state index contributed by atoms with van der Waals surface area (Å²) >= 11 is 6.06. The molecular formula is C13H17ClN2O2. The van der Waals surface area contributed by atoms with Crippen LogP contribution in [0.1, 0.15) is 38.2 Å². The fourth-order valence-electron chi connectivity index (χ4n) is 2.53. The summed E-state index contributed by atoms with van der Waals surface area (Å²) in [7, 11) is 0. The van der Waals surface area contributed by atoms with Crippen LogP contribution in [0.2, 0.25) is 5.02 Å². The SMILES string of the molecule is CC1(NCc2c(Cl)cccc2[N+](=O)[O-])CCCC1. The highest BCUT2D eigenvalue weighted by molar-refractivity contribution is 6.31.